The van der Waals surface area contributed by atoms with Gasteiger partial charge in [-0.25, -0.2) is 0 Å². The van der Waals surface area contributed by atoms with E-state index in [9.17, 15) is 0 Å². The van der Waals surface area contributed by atoms with Gasteiger partial charge in [0, 0.05) is 36.0 Å². The number of rotatable bonds is 2. The molecule has 0 bridgehead atoms. The van der Waals surface area contributed by atoms with Crippen LogP contribution in [-0.2, 0) is 16.2 Å². The second-order valence-corrected chi connectivity index (χ2v) is 24.3. The van der Waals surface area contributed by atoms with Crippen molar-refractivity contribution in [3.63, 3.8) is 0 Å². The van der Waals surface area contributed by atoms with Crippen molar-refractivity contribution in [3.05, 3.63) is 168 Å². The van der Waals surface area contributed by atoms with Crippen LogP contribution < -0.4 is 16.4 Å². The van der Waals surface area contributed by atoms with Crippen LogP contribution in [0.5, 0.6) is 0 Å². The Bertz CT molecular complexity index is 3810. The minimum absolute atomic E-state index is 0.00988. The van der Waals surface area contributed by atoms with Crippen LogP contribution in [0.1, 0.15) is 79.0 Å². The Hall–Kier alpha value is -5.94. The SMILES string of the molecule is CC(C)(C)c1cc2c3c(c1)Sc1cc(-n4c5ccc(C(C)(C)C)cc5c5cc(C(C)(C)C)ccc54)ccc1B3c1ccc(-c3ccc4cccc5c6cccc7cccc(c3c45)c76)cc1S2. The summed E-state index contributed by atoms with van der Waals surface area (Å²) >= 11 is 3.94. The highest BCUT2D eigenvalue weighted by Crippen LogP contribution is 2.47. The Kier molecular flexibility index (Phi) is 8.45. The molecule has 1 aromatic heterocycles. The Labute approximate surface area is 397 Å². The van der Waals surface area contributed by atoms with Gasteiger partial charge in [0.25, 0.3) is 0 Å². The minimum atomic E-state index is 0.00988. The fourth-order valence-electron chi connectivity index (χ4n) is 11.4. The third kappa shape index (κ3) is 5.90. The predicted molar refractivity (Wildman–Crippen MR) is 289 cm³/mol. The van der Waals surface area contributed by atoms with Gasteiger partial charge in [-0.1, -0.05) is 194 Å². The van der Waals surface area contributed by atoms with E-state index >= 15 is 0 Å². The lowest BCUT2D eigenvalue weighted by atomic mass is 9.36. The molecule has 0 atom stereocenters. The smallest absolute Gasteiger partial charge is 0.247 e. The lowest BCUT2D eigenvalue weighted by molar-refractivity contribution is 0.587. The van der Waals surface area contributed by atoms with E-state index in [1.807, 2.05) is 23.5 Å². The van der Waals surface area contributed by atoms with Crippen LogP contribution in [0.4, 0.5) is 0 Å². The molecule has 0 amide bonds. The molecule has 13 rings (SSSR count). The van der Waals surface area contributed by atoms with Crippen molar-refractivity contribution in [1.82, 2.24) is 4.57 Å². The van der Waals surface area contributed by atoms with E-state index in [0.717, 1.165) is 0 Å². The third-order valence-electron chi connectivity index (χ3n) is 14.9. The summed E-state index contributed by atoms with van der Waals surface area (Å²) in [6.07, 6.45) is 0. The highest BCUT2D eigenvalue weighted by molar-refractivity contribution is 8.01. The van der Waals surface area contributed by atoms with Crippen LogP contribution in [0.3, 0.4) is 0 Å². The summed E-state index contributed by atoms with van der Waals surface area (Å²) in [5.74, 6) is 0. The van der Waals surface area contributed by atoms with Gasteiger partial charge in [-0.15, -0.1) is 0 Å². The maximum absolute atomic E-state index is 2.52. The number of hydrogen-bond acceptors (Lipinski definition) is 2. The van der Waals surface area contributed by atoms with Crippen molar-refractivity contribution in [3.8, 4) is 16.8 Å². The molecule has 10 aromatic carbocycles. The van der Waals surface area contributed by atoms with Gasteiger partial charge in [0.15, 0.2) is 0 Å². The number of aromatic nitrogens is 1. The van der Waals surface area contributed by atoms with E-state index in [1.54, 1.807) is 0 Å². The number of fused-ring (bicyclic) bond motifs is 9. The van der Waals surface area contributed by atoms with Crippen molar-refractivity contribution in [2.24, 2.45) is 0 Å². The van der Waals surface area contributed by atoms with Gasteiger partial charge in [0.05, 0.1) is 11.0 Å². The first-order valence-electron chi connectivity index (χ1n) is 23.6. The fourth-order valence-corrected chi connectivity index (χ4v) is 13.9. The van der Waals surface area contributed by atoms with Gasteiger partial charge in [0.2, 0.25) is 6.71 Å². The van der Waals surface area contributed by atoms with Gasteiger partial charge in [0.1, 0.15) is 0 Å². The van der Waals surface area contributed by atoms with Crippen molar-refractivity contribution in [2.75, 3.05) is 0 Å². The van der Waals surface area contributed by atoms with Crippen molar-refractivity contribution < 1.29 is 0 Å². The lowest BCUT2D eigenvalue weighted by Crippen LogP contribution is -2.58. The summed E-state index contributed by atoms with van der Waals surface area (Å²) in [6, 6.07) is 59.2. The molecule has 320 valence electrons. The van der Waals surface area contributed by atoms with Crippen LogP contribution in [-0.4, -0.2) is 11.3 Å². The van der Waals surface area contributed by atoms with Crippen LogP contribution in [0.25, 0.3) is 81.7 Å². The molecule has 2 aliphatic rings. The highest BCUT2D eigenvalue weighted by atomic mass is 32.2. The standard InChI is InChI=1S/C62H52BNS2/c1-60(2,3)38-21-27-50-46(30-38)47-31-39(61(4,5)6)22-28-51(47)64(50)41-23-26-49-53(34-41)66-55-33-40(62(7,8)9)32-54-59(55)63(49)48-25-20-37(29-52(48)65-54)42-24-19-36-15-11-17-44-43-16-10-13-35-14-12-18-45(56(35)43)58(42)57(36)44/h10-34H,1-9H3. The molecule has 0 spiro atoms. The lowest BCUT2D eigenvalue weighted by Gasteiger charge is -2.35. The van der Waals surface area contributed by atoms with Gasteiger partial charge in [-0.2, -0.15) is 0 Å². The van der Waals surface area contributed by atoms with Gasteiger partial charge >= 0.3 is 0 Å². The Morgan fingerprint density at radius 3 is 1.52 bits per heavy atom. The maximum Gasteiger partial charge on any atom is 0.247 e. The summed E-state index contributed by atoms with van der Waals surface area (Å²) in [7, 11) is 0. The quantitative estimate of drug-likeness (QED) is 0.0968. The second-order valence-electron chi connectivity index (χ2n) is 22.1. The van der Waals surface area contributed by atoms with Crippen LogP contribution in [0.2, 0.25) is 0 Å². The first kappa shape index (κ1) is 40.3. The molecule has 0 aliphatic carbocycles. The topological polar surface area (TPSA) is 4.93 Å². The van der Waals surface area contributed by atoms with E-state index in [4.69, 9.17) is 0 Å². The molecule has 11 aromatic rings. The molecule has 1 nitrogen and oxygen atoms in total. The first-order valence-corrected chi connectivity index (χ1v) is 25.2. The average Bonchev–Trinajstić information content (AvgIpc) is 3.62. The summed E-state index contributed by atoms with van der Waals surface area (Å²) in [6.45, 7) is 21.1. The fraction of sp³-hybridized carbons (Fsp3) is 0.194. The Morgan fingerprint density at radius 1 is 0.394 bits per heavy atom. The van der Waals surface area contributed by atoms with Gasteiger partial charge in [-0.3, -0.25) is 0 Å². The average molecular weight is 886 g/mol. The molecule has 0 unspecified atom stereocenters. The molecule has 0 radical (unpaired) electrons. The van der Waals surface area contributed by atoms with E-state index in [0.29, 0.717) is 0 Å². The monoisotopic (exact) mass is 885 g/mol. The zero-order valence-corrected chi connectivity index (χ0v) is 40.9. The second kappa shape index (κ2) is 13.8. The maximum atomic E-state index is 2.52. The van der Waals surface area contributed by atoms with Gasteiger partial charge < -0.3 is 4.57 Å². The van der Waals surface area contributed by atoms with Crippen LogP contribution in [0.15, 0.2) is 171 Å². The van der Waals surface area contributed by atoms with E-state index in [-0.39, 0.29) is 23.0 Å². The van der Waals surface area contributed by atoms with Crippen LogP contribution in [0, 0.1) is 0 Å². The Morgan fingerprint density at radius 2 is 0.924 bits per heavy atom. The molecular weight excluding hydrogens is 834 g/mol. The van der Waals surface area contributed by atoms with Crippen molar-refractivity contribution >= 4 is 112 Å². The summed E-state index contributed by atoms with van der Waals surface area (Å²) in [5.41, 5.74) is 14.8. The van der Waals surface area contributed by atoms with E-state index in [1.165, 1.54) is 134 Å². The molecule has 0 saturated carbocycles. The number of nitrogens with zero attached hydrogens (tertiary/aromatic N) is 1. The molecule has 3 heterocycles. The number of benzene rings is 10. The largest absolute Gasteiger partial charge is 0.309 e. The molecule has 2 aliphatic heterocycles. The zero-order chi connectivity index (χ0) is 45.2. The Balaban J connectivity index is 1.01. The molecule has 4 heteroatoms. The first-order chi connectivity index (χ1) is 31.6. The normalized spacial score (nSPS) is 14.0. The van der Waals surface area contributed by atoms with Gasteiger partial charge in [-0.05, 0) is 147 Å². The number of hydrogen-bond donors (Lipinski definition) is 0. The third-order valence-corrected chi connectivity index (χ3v) is 17.2. The van der Waals surface area contributed by atoms with E-state index in [2.05, 4.69) is 219 Å². The molecule has 0 fully saturated rings. The van der Waals surface area contributed by atoms with Crippen LogP contribution >= 0.6 is 23.5 Å². The summed E-state index contributed by atoms with van der Waals surface area (Å²) in [4.78, 5) is 5.47. The predicted octanol–water partition coefficient (Wildman–Crippen LogP) is 15.8. The summed E-state index contributed by atoms with van der Waals surface area (Å²) in [5, 5.41) is 13.3. The highest BCUT2D eigenvalue weighted by Gasteiger charge is 2.39. The van der Waals surface area contributed by atoms with Crippen molar-refractivity contribution in [1.29, 1.82) is 0 Å². The molecule has 0 saturated heterocycles. The summed E-state index contributed by atoms with van der Waals surface area (Å²) < 4.78 is 2.52. The molecular formula is C62H52BNS2. The van der Waals surface area contributed by atoms with E-state index < -0.39 is 0 Å². The molecule has 0 N–H and O–H groups in total. The zero-order valence-electron chi connectivity index (χ0n) is 39.3. The molecule has 66 heavy (non-hydrogen) atoms. The minimum Gasteiger partial charge on any atom is -0.309 e. The van der Waals surface area contributed by atoms with Crippen molar-refractivity contribution in [2.45, 2.75) is 98.1 Å².